The predicted octanol–water partition coefficient (Wildman–Crippen LogP) is 5.03. The second-order valence-electron chi connectivity index (χ2n) is 6.48. The first-order valence-electron chi connectivity index (χ1n) is 8.00. The minimum absolute atomic E-state index is 0.135. The first-order chi connectivity index (χ1) is 11.9. The number of carbonyl (C=O) groups excluding carboxylic acids is 1. The van der Waals surface area contributed by atoms with Gasteiger partial charge in [-0.1, -0.05) is 22.8 Å². The fraction of sp³-hybridized carbons (Fsp3) is 0.263. The Labute approximate surface area is 151 Å². The van der Waals surface area contributed by atoms with Crippen LogP contribution >= 0.6 is 11.6 Å². The Bertz CT molecular complexity index is 818. The smallest absolute Gasteiger partial charge is 0.437 e. The number of anilines is 1. The van der Waals surface area contributed by atoms with Crippen LogP contribution in [0.5, 0.6) is 5.75 Å². The molecular formula is C19H19ClN2O3. The van der Waals surface area contributed by atoms with Gasteiger partial charge < -0.3 is 4.74 Å². The average Bonchev–Trinajstić information content (AvgIpc) is 2.54. The summed E-state index contributed by atoms with van der Waals surface area (Å²) in [6.45, 7) is 4.16. The number of nitrogens with one attached hydrogen (secondary N) is 1. The molecule has 0 atom stereocenters. The molecule has 0 spiro atoms. The van der Waals surface area contributed by atoms with Crippen molar-refractivity contribution in [3.05, 3.63) is 58.6 Å². The number of hydrogen-bond acceptors (Lipinski definition) is 4. The third-order valence-corrected chi connectivity index (χ3v) is 4.11. The molecule has 0 radical (unpaired) electrons. The quantitative estimate of drug-likeness (QED) is 0.475. The Kier molecular flexibility index (Phi) is 4.95. The largest absolute Gasteiger partial charge is 0.488 e. The monoisotopic (exact) mass is 358 g/mol. The van der Waals surface area contributed by atoms with Gasteiger partial charge in [-0.25, -0.2) is 4.79 Å². The molecule has 3 rings (SSSR count). The van der Waals surface area contributed by atoms with E-state index in [4.69, 9.17) is 21.2 Å². The van der Waals surface area contributed by atoms with Crippen molar-refractivity contribution in [1.29, 1.82) is 0 Å². The number of rotatable bonds is 3. The van der Waals surface area contributed by atoms with Crippen LogP contribution < -0.4 is 10.1 Å². The van der Waals surface area contributed by atoms with E-state index in [0.717, 1.165) is 29.7 Å². The summed E-state index contributed by atoms with van der Waals surface area (Å²) in [5.41, 5.74) is 2.38. The van der Waals surface area contributed by atoms with Crippen LogP contribution in [0.2, 0.25) is 5.02 Å². The summed E-state index contributed by atoms with van der Waals surface area (Å²) < 4.78 is 5.94. The molecule has 130 valence electrons. The van der Waals surface area contributed by atoms with Gasteiger partial charge in [0, 0.05) is 10.7 Å². The van der Waals surface area contributed by atoms with Crippen molar-refractivity contribution < 1.29 is 14.4 Å². The lowest BCUT2D eigenvalue weighted by molar-refractivity contribution is 0.0847. The Morgan fingerprint density at radius 1 is 1.32 bits per heavy atom. The zero-order chi connectivity index (χ0) is 17.9. The molecule has 0 unspecified atom stereocenters. The summed E-state index contributed by atoms with van der Waals surface area (Å²) in [6.07, 6.45) is 2.72. The van der Waals surface area contributed by atoms with E-state index in [2.05, 4.69) is 24.3 Å². The Morgan fingerprint density at radius 3 is 2.96 bits per heavy atom. The maximum absolute atomic E-state index is 11.7. The van der Waals surface area contributed by atoms with Crippen molar-refractivity contribution in [1.82, 2.24) is 0 Å². The highest BCUT2D eigenvalue weighted by molar-refractivity contribution is 6.30. The van der Waals surface area contributed by atoms with Crippen LogP contribution in [0.3, 0.4) is 0 Å². The molecule has 2 aromatic rings. The van der Waals surface area contributed by atoms with E-state index in [-0.39, 0.29) is 5.60 Å². The van der Waals surface area contributed by atoms with Crippen LogP contribution in [0.4, 0.5) is 10.5 Å². The molecule has 0 bridgehead atoms. The molecule has 1 amide bonds. The van der Waals surface area contributed by atoms with E-state index in [9.17, 15) is 4.79 Å². The van der Waals surface area contributed by atoms with Crippen molar-refractivity contribution in [3.8, 4) is 5.75 Å². The number of carbonyl (C=O) groups is 1. The van der Waals surface area contributed by atoms with Crippen molar-refractivity contribution in [3.63, 3.8) is 0 Å². The van der Waals surface area contributed by atoms with E-state index < -0.39 is 6.09 Å². The second-order valence-corrected chi connectivity index (χ2v) is 6.91. The van der Waals surface area contributed by atoms with Gasteiger partial charge in [-0.2, -0.15) is 0 Å². The molecule has 1 heterocycles. The fourth-order valence-electron chi connectivity index (χ4n) is 2.60. The Hall–Kier alpha value is -2.53. The number of nitrogens with zero attached hydrogens (tertiary/aromatic N) is 1. The van der Waals surface area contributed by atoms with Crippen molar-refractivity contribution in [2.24, 2.45) is 5.16 Å². The molecule has 0 aromatic heterocycles. The first kappa shape index (κ1) is 17.3. The lowest BCUT2D eigenvalue weighted by Gasteiger charge is -2.32. The molecule has 1 N–H and O–H groups in total. The zero-order valence-electron chi connectivity index (χ0n) is 14.1. The summed E-state index contributed by atoms with van der Waals surface area (Å²) in [7, 11) is 0. The number of amides is 1. The topological polar surface area (TPSA) is 59.9 Å². The number of halogens is 1. The highest BCUT2D eigenvalue weighted by Gasteiger charge is 2.26. The third kappa shape index (κ3) is 4.73. The number of hydrogen-bond donors (Lipinski definition) is 1. The van der Waals surface area contributed by atoms with E-state index >= 15 is 0 Å². The molecule has 1 aliphatic rings. The van der Waals surface area contributed by atoms with Crippen molar-refractivity contribution in [2.45, 2.75) is 32.3 Å². The lowest BCUT2D eigenvalue weighted by Crippen LogP contribution is -2.32. The molecule has 0 fully saturated rings. The average molecular weight is 359 g/mol. The van der Waals surface area contributed by atoms with E-state index in [1.54, 1.807) is 24.3 Å². The second kappa shape index (κ2) is 7.15. The van der Waals surface area contributed by atoms with Gasteiger partial charge in [0.2, 0.25) is 0 Å². The van der Waals surface area contributed by atoms with Crippen LogP contribution in [0.1, 0.15) is 31.4 Å². The maximum Gasteiger partial charge on any atom is 0.437 e. The van der Waals surface area contributed by atoms with Crippen LogP contribution in [-0.4, -0.2) is 17.9 Å². The molecule has 0 saturated carbocycles. The Balaban J connectivity index is 1.58. The summed E-state index contributed by atoms with van der Waals surface area (Å²) in [4.78, 5) is 16.5. The van der Waals surface area contributed by atoms with Crippen molar-refractivity contribution >= 4 is 29.6 Å². The zero-order valence-corrected chi connectivity index (χ0v) is 14.8. The molecule has 1 aliphatic heterocycles. The van der Waals surface area contributed by atoms with Crippen LogP contribution in [-0.2, 0) is 11.3 Å². The van der Waals surface area contributed by atoms with Gasteiger partial charge in [0.15, 0.2) is 0 Å². The van der Waals surface area contributed by atoms with Crippen LogP contribution in [0.15, 0.2) is 47.6 Å². The fourth-order valence-corrected chi connectivity index (χ4v) is 2.79. The van der Waals surface area contributed by atoms with Gasteiger partial charge in [0.25, 0.3) is 0 Å². The normalized spacial score (nSPS) is 15.3. The molecule has 25 heavy (non-hydrogen) atoms. The van der Waals surface area contributed by atoms with Gasteiger partial charge in [0.1, 0.15) is 11.4 Å². The summed E-state index contributed by atoms with van der Waals surface area (Å²) in [6, 6.07) is 12.6. The van der Waals surface area contributed by atoms with Gasteiger partial charge >= 0.3 is 6.09 Å². The number of benzene rings is 2. The van der Waals surface area contributed by atoms with Gasteiger partial charge in [-0.15, -0.1) is 0 Å². The summed E-state index contributed by atoms with van der Waals surface area (Å²) >= 11 is 5.86. The van der Waals surface area contributed by atoms with Gasteiger partial charge in [-0.3, -0.25) is 10.2 Å². The molecule has 0 aliphatic carbocycles. The molecule has 0 saturated heterocycles. The number of fused-ring (bicyclic) bond motifs is 1. The number of oxime groups is 1. The van der Waals surface area contributed by atoms with E-state index in [1.807, 2.05) is 18.2 Å². The van der Waals surface area contributed by atoms with Gasteiger partial charge in [0.05, 0.1) is 6.21 Å². The first-order valence-corrected chi connectivity index (χ1v) is 8.38. The number of aryl methyl sites for hydroxylation is 1. The molecule has 5 nitrogen and oxygen atoms in total. The van der Waals surface area contributed by atoms with Gasteiger partial charge in [-0.05, 0) is 74.2 Å². The van der Waals surface area contributed by atoms with Crippen LogP contribution in [0.25, 0.3) is 0 Å². The van der Waals surface area contributed by atoms with E-state index in [1.165, 1.54) is 6.21 Å². The highest BCUT2D eigenvalue weighted by atomic mass is 35.5. The third-order valence-electron chi connectivity index (χ3n) is 3.88. The number of ether oxygens (including phenoxy) is 1. The van der Waals surface area contributed by atoms with Crippen LogP contribution in [0, 0.1) is 0 Å². The molecule has 2 aromatic carbocycles. The van der Waals surface area contributed by atoms with Crippen molar-refractivity contribution in [2.75, 3.05) is 5.32 Å². The lowest BCUT2D eigenvalue weighted by atomic mass is 9.93. The summed E-state index contributed by atoms with van der Waals surface area (Å²) in [5, 5.41) is 6.80. The SMILES string of the molecule is CC1(C)CCc2cc(/C=N\OC(=O)Nc3cccc(Cl)c3)ccc2O1. The molecular weight excluding hydrogens is 340 g/mol. The minimum atomic E-state index is -0.679. The standard InChI is InChI=1S/C19H19ClN2O3/c1-19(2)9-8-14-10-13(6-7-17(14)24-19)12-21-25-18(23)22-16-5-3-4-15(20)11-16/h3-7,10-12H,8-9H2,1-2H3,(H,22,23)/b21-12-. The minimum Gasteiger partial charge on any atom is -0.488 e. The predicted molar refractivity (Wildman–Crippen MR) is 98.6 cm³/mol. The van der Waals surface area contributed by atoms with E-state index in [0.29, 0.717) is 10.7 Å². The Morgan fingerprint density at radius 2 is 2.16 bits per heavy atom. The maximum atomic E-state index is 11.7. The highest BCUT2D eigenvalue weighted by Crippen LogP contribution is 2.33. The summed E-state index contributed by atoms with van der Waals surface area (Å²) in [5.74, 6) is 0.896. The molecule has 6 heteroatoms.